The third-order valence-corrected chi connectivity index (χ3v) is 5.55. The van der Waals surface area contributed by atoms with Crippen molar-refractivity contribution >= 4 is 11.7 Å². The van der Waals surface area contributed by atoms with Crippen LogP contribution in [0.4, 0.5) is 5.82 Å². The number of ether oxygens (including phenoxy) is 1. The van der Waals surface area contributed by atoms with Crippen LogP contribution < -0.4 is 4.90 Å². The van der Waals surface area contributed by atoms with Crippen molar-refractivity contribution in [1.29, 1.82) is 0 Å². The van der Waals surface area contributed by atoms with Crippen LogP contribution in [0.2, 0.25) is 0 Å². The van der Waals surface area contributed by atoms with E-state index in [1.807, 2.05) is 17.0 Å². The second kappa shape index (κ2) is 8.29. The van der Waals surface area contributed by atoms with Gasteiger partial charge >= 0.3 is 0 Å². The molecule has 1 aromatic carbocycles. The van der Waals surface area contributed by atoms with Crippen molar-refractivity contribution in [3.8, 4) is 11.3 Å². The summed E-state index contributed by atoms with van der Waals surface area (Å²) in [5.41, 5.74) is 3.89. The van der Waals surface area contributed by atoms with Gasteiger partial charge < -0.3 is 19.4 Å². The number of aryl methyl sites for hydroxylation is 1. The van der Waals surface area contributed by atoms with Crippen LogP contribution >= 0.6 is 0 Å². The molecule has 0 unspecified atom stereocenters. The highest BCUT2D eigenvalue weighted by Crippen LogP contribution is 2.27. The van der Waals surface area contributed by atoms with Crippen LogP contribution in [0.25, 0.3) is 11.3 Å². The molecule has 0 spiro atoms. The number of hydrogen-bond donors (Lipinski definition) is 0. The first kappa shape index (κ1) is 18.9. The molecule has 3 heterocycles. The molecular formula is C22H28N4O2. The Hall–Kier alpha value is -2.44. The lowest BCUT2D eigenvalue weighted by atomic mass is 10.1. The van der Waals surface area contributed by atoms with Gasteiger partial charge in [-0.1, -0.05) is 29.8 Å². The van der Waals surface area contributed by atoms with Gasteiger partial charge in [0.1, 0.15) is 5.82 Å². The molecule has 0 N–H and O–H groups in total. The maximum absolute atomic E-state index is 13.3. The lowest BCUT2D eigenvalue weighted by Crippen LogP contribution is -2.47. The molecule has 2 aromatic rings. The third kappa shape index (κ3) is 4.03. The fourth-order valence-electron chi connectivity index (χ4n) is 3.70. The molecule has 2 aliphatic rings. The number of morpholine rings is 1. The Bertz CT molecular complexity index is 823. The number of benzene rings is 1. The zero-order chi connectivity index (χ0) is 19.5. The Kier molecular flexibility index (Phi) is 5.59. The van der Waals surface area contributed by atoms with Gasteiger partial charge in [0, 0.05) is 44.8 Å². The average molecular weight is 380 g/mol. The fourth-order valence-corrected chi connectivity index (χ4v) is 3.70. The summed E-state index contributed by atoms with van der Waals surface area (Å²) < 4.78 is 5.51. The summed E-state index contributed by atoms with van der Waals surface area (Å²) in [7, 11) is 2.10. The number of amides is 1. The zero-order valence-electron chi connectivity index (χ0n) is 16.7. The second-order valence-corrected chi connectivity index (χ2v) is 7.63. The van der Waals surface area contributed by atoms with Crippen LogP contribution in [0.1, 0.15) is 15.9 Å². The number of piperazine rings is 1. The molecule has 1 amide bonds. The smallest absolute Gasteiger partial charge is 0.257 e. The first-order chi connectivity index (χ1) is 13.6. The molecule has 2 saturated heterocycles. The van der Waals surface area contributed by atoms with Gasteiger partial charge in [0.05, 0.1) is 24.5 Å². The number of hydrogen-bond acceptors (Lipinski definition) is 5. The van der Waals surface area contributed by atoms with Crippen molar-refractivity contribution in [3.63, 3.8) is 0 Å². The van der Waals surface area contributed by atoms with Crippen LogP contribution in [-0.2, 0) is 4.74 Å². The molecule has 6 nitrogen and oxygen atoms in total. The van der Waals surface area contributed by atoms with Crippen molar-refractivity contribution in [2.75, 3.05) is 64.4 Å². The Morgan fingerprint density at radius 2 is 1.61 bits per heavy atom. The molecule has 2 fully saturated rings. The number of carbonyl (C=O) groups is 1. The lowest BCUT2D eigenvalue weighted by molar-refractivity contribution is 0.0663. The Balaban J connectivity index is 1.68. The van der Waals surface area contributed by atoms with Gasteiger partial charge in [-0.2, -0.15) is 0 Å². The molecule has 6 heteroatoms. The van der Waals surface area contributed by atoms with E-state index in [0.29, 0.717) is 18.8 Å². The molecule has 0 aliphatic carbocycles. The topological polar surface area (TPSA) is 48.9 Å². The maximum Gasteiger partial charge on any atom is 0.257 e. The molecule has 0 bridgehead atoms. The number of aromatic nitrogens is 1. The van der Waals surface area contributed by atoms with Crippen LogP contribution in [0.15, 0.2) is 36.4 Å². The van der Waals surface area contributed by atoms with Crippen molar-refractivity contribution in [2.24, 2.45) is 0 Å². The van der Waals surface area contributed by atoms with Crippen LogP contribution in [0.5, 0.6) is 0 Å². The molecule has 2 aliphatic heterocycles. The number of likely N-dealkylation sites (N-methyl/N-ethyl adjacent to an activating group) is 1. The zero-order valence-corrected chi connectivity index (χ0v) is 16.7. The van der Waals surface area contributed by atoms with Crippen molar-refractivity contribution in [1.82, 2.24) is 14.8 Å². The van der Waals surface area contributed by atoms with Crippen molar-refractivity contribution in [3.05, 3.63) is 47.5 Å². The van der Waals surface area contributed by atoms with E-state index in [1.165, 1.54) is 5.56 Å². The number of carbonyl (C=O) groups excluding carboxylic acids is 1. The summed E-state index contributed by atoms with van der Waals surface area (Å²) >= 11 is 0. The van der Waals surface area contributed by atoms with E-state index in [0.717, 1.165) is 56.3 Å². The van der Waals surface area contributed by atoms with Gasteiger partial charge in [-0.05, 0) is 26.1 Å². The molecular weight excluding hydrogens is 352 g/mol. The Morgan fingerprint density at radius 1 is 0.929 bits per heavy atom. The number of pyridine rings is 1. The van der Waals surface area contributed by atoms with Gasteiger partial charge in [-0.15, -0.1) is 0 Å². The molecule has 0 radical (unpaired) electrons. The summed E-state index contributed by atoms with van der Waals surface area (Å²) in [5.74, 6) is 0.864. The minimum atomic E-state index is 0.0811. The highest BCUT2D eigenvalue weighted by molar-refractivity contribution is 5.99. The predicted octanol–water partition coefficient (Wildman–Crippen LogP) is 2.28. The molecule has 0 saturated carbocycles. The minimum absolute atomic E-state index is 0.0811. The Labute approximate surface area is 166 Å². The predicted molar refractivity (Wildman–Crippen MR) is 111 cm³/mol. The van der Waals surface area contributed by atoms with Gasteiger partial charge in [0.2, 0.25) is 0 Å². The molecule has 0 atom stereocenters. The van der Waals surface area contributed by atoms with Crippen molar-refractivity contribution < 1.29 is 9.53 Å². The SMILES string of the molecule is Cc1ccc(-c2ccc(C(=O)N3CCN(C)CC3)c(N3CCOCC3)n2)cc1. The molecule has 28 heavy (non-hydrogen) atoms. The average Bonchev–Trinajstić information content (AvgIpc) is 2.74. The summed E-state index contributed by atoms with van der Waals surface area (Å²) in [6, 6.07) is 12.3. The van der Waals surface area contributed by atoms with E-state index >= 15 is 0 Å². The lowest BCUT2D eigenvalue weighted by Gasteiger charge is -2.34. The van der Waals surface area contributed by atoms with Crippen LogP contribution in [0, 0.1) is 6.92 Å². The monoisotopic (exact) mass is 380 g/mol. The van der Waals surface area contributed by atoms with Crippen LogP contribution in [0.3, 0.4) is 0 Å². The van der Waals surface area contributed by atoms with E-state index in [2.05, 4.69) is 48.0 Å². The van der Waals surface area contributed by atoms with E-state index < -0.39 is 0 Å². The van der Waals surface area contributed by atoms with Gasteiger partial charge in [0.15, 0.2) is 0 Å². The first-order valence-electron chi connectivity index (χ1n) is 10.0. The highest BCUT2D eigenvalue weighted by atomic mass is 16.5. The van der Waals surface area contributed by atoms with Gasteiger partial charge in [0.25, 0.3) is 5.91 Å². The number of anilines is 1. The third-order valence-electron chi connectivity index (χ3n) is 5.55. The highest BCUT2D eigenvalue weighted by Gasteiger charge is 2.26. The number of rotatable bonds is 3. The Morgan fingerprint density at radius 3 is 2.29 bits per heavy atom. The largest absolute Gasteiger partial charge is 0.378 e. The summed E-state index contributed by atoms with van der Waals surface area (Å²) in [4.78, 5) is 24.6. The van der Waals surface area contributed by atoms with E-state index in [4.69, 9.17) is 9.72 Å². The minimum Gasteiger partial charge on any atom is -0.378 e. The summed E-state index contributed by atoms with van der Waals surface area (Å²) in [6.45, 7) is 8.27. The second-order valence-electron chi connectivity index (χ2n) is 7.63. The van der Waals surface area contributed by atoms with E-state index in [-0.39, 0.29) is 5.91 Å². The standard InChI is InChI=1S/C22H28N4O2/c1-17-3-5-18(6-4-17)20-8-7-19(21(23-20)25-13-15-28-16-14-25)22(27)26-11-9-24(2)10-12-26/h3-8H,9-16H2,1-2H3. The van der Waals surface area contributed by atoms with Crippen molar-refractivity contribution in [2.45, 2.75) is 6.92 Å². The quantitative estimate of drug-likeness (QED) is 0.818. The summed E-state index contributed by atoms with van der Waals surface area (Å²) in [5, 5.41) is 0. The molecule has 1 aromatic heterocycles. The van der Waals surface area contributed by atoms with Gasteiger partial charge in [-0.25, -0.2) is 4.98 Å². The van der Waals surface area contributed by atoms with Crippen LogP contribution in [-0.4, -0.2) is 80.2 Å². The maximum atomic E-state index is 13.3. The molecule has 148 valence electrons. The van der Waals surface area contributed by atoms with E-state index in [1.54, 1.807) is 0 Å². The first-order valence-corrected chi connectivity index (χ1v) is 10.0. The number of nitrogens with zero attached hydrogens (tertiary/aromatic N) is 4. The van der Waals surface area contributed by atoms with Gasteiger partial charge in [-0.3, -0.25) is 4.79 Å². The summed E-state index contributed by atoms with van der Waals surface area (Å²) in [6.07, 6.45) is 0. The normalized spacial score (nSPS) is 18.4. The fraction of sp³-hybridized carbons (Fsp3) is 0.455. The van der Waals surface area contributed by atoms with E-state index in [9.17, 15) is 4.79 Å². The molecule has 4 rings (SSSR count).